The number of rotatable bonds is 2. The lowest BCUT2D eigenvalue weighted by Crippen LogP contribution is -2.14. The van der Waals surface area contributed by atoms with Crippen LogP contribution in [0.1, 0.15) is 15.9 Å². The van der Waals surface area contributed by atoms with Gasteiger partial charge in [-0.2, -0.15) is 0 Å². The first-order chi connectivity index (χ1) is 8.99. The van der Waals surface area contributed by atoms with Crippen molar-refractivity contribution >= 4 is 28.9 Å². The van der Waals surface area contributed by atoms with Gasteiger partial charge in [-0.1, -0.05) is 23.7 Å². The van der Waals surface area contributed by atoms with Crippen LogP contribution in [0.2, 0.25) is 5.02 Å². The zero-order valence-corrected chi connectivity index (χ0v) is 11.0. The summed E-state index contributed by atoms with van der Waals surface area (Å²) in [4.78, 5) is 12.0. The summed E-state index contributed by atoms with van der Waals surface area (Å²) in [5.74, 6) is -1.13. The molecule has 2 aromatic rings. The number of benzene rings is 2. The Morgan fingerprint density at radius 1 is 1.32 bits per heavy atom. The Balaban J connectivity index is 2.31. The van der Waals surface area contributed by atoms with Crippen LogP contribution in [-0.4, -0.2) is 5.91 Å². The first-order valence-corrected chi connectivity index (χ1v) is 5.98. The fourth-order valence-electron chi connectivity index (χ4n) is 1.65. The Kier molecular flexibility index (Phi) is 3.71. The van der Waals surface area contributed by atoms with Crippen LogP contribution < -0.4 is 11.1 Å². The molecule has 0 aliphatic carbocycles. The van der Waals surface area contributed by atoms with Gasteiger partial charge in [0.05, 0.1) is 22.0 Å². The highest BCUT2D eigenvalue weighted by Gasteiger charge is 2.14. The zero-order chi connectivity index (χ0) is 14.0. The van der Waals surface area contributed by atoms with Crippen molar-refractivity contribution in [3.63, 3.8) is 0 Å². The number of anilines is 2. The van der Waals surface area contributed by atoms with Gasteiger partial charge in [-0.05, 0) is 36.8 Å². The number of nitrogen functional groups attached to an aromatic ring is 1. The van der Waals surface area contributed by atoms with E-state index in [-0.39, 0.29) is 10.6 Å². The minimum atomic E-state index is -0.633. The Hall–Kier alpha value is -2.07. The SMILES string of the molecule is Cc1ccc(N)c(NC(=O)c2cccc(F)c2Cl)c1. The van der Waals surface area contributed by atoms with Gasteiger partial charge in [-0.25, -0.2) is 4.39 Å². The van der Waals surface area contributed by atoms with Gasteiger partial charge in [0, 0.05) is 0 Å². The molecule has 0 heterocycles. The molecule has 0 aliphatic rings. The van der Waals surface area contributed by atoms with E-state index >= 15 is 0 Å². The van der Waals surface area contributed by atoms with Gasteiger partial charge in [0.1, 0.15) is 5.82 Å². The number of hydrogen-bond donors (Lipinski definition) is 2. The van der Waals surface area contributed by atoms with Gasteiger partial charge in [-0.3, -0.25) is 4.79 Å². The molecule has 0 aromatic heterocycles. The highest BCUT2D eigenvalue weighted by Crippen LogP contribution is 2.24. The molecule has 5 heteroatoms. The predicted octanol–water partition coefficient (Wildman–Crippen LogP) is 3.62. The monoisotopic (exact) mass is 278 g/mol. The van der Waals surface area contributed by atoms with Crippen molar-refractivity contribution in [2.45, 2.75) is 6.92 Å². The highest BCUT2D eigenvalue weighted by atomic mass is 35.5. The number of nitrogens with two attached hydrogens (primary N) is 1. The first kappa shape index (κ1) is 13.4. The van der Waals surface area contributed by atoms with Crippen LogP contribution in [0.4, 0.5) is 15.8 Å². The minimum Gasteiger partial charge on any atom is -0.397 e. The summed E-state index contributed by atoms with van der Waals surface area (Å²) in [6.07, 6.45) is 0. The number of nitrogens with one attached hydrogen (secondary N) is 1. The molecule has 0 fully saturated rings. The topological polar surface area (TPSA) is 55.1 Å². The number of halogens is 2. The Bertz CT molecular complexity index is 643. The Morgan fingerprint density at radius 3 is 2.79 bits per heavy atom. The molecule has 1 amide bonds. The first-order valence-electron chi connectivity index (χ1n) is 5.60. The van der Waals surface area contributed by atoms with E-state index in [1.165, 1.54) is 18.2 Å². The largest absolute Gasteiger partial charge is 0.397 e. The maximum Gasteiger partial charge on any atom is 0.257 e. The number of carbonyl (C=O) groups is 1. The van der Waals surface area contributed by atoms with Gasteiger partial charge in [0.15, 0.2) is 0 Å². The summed E-state index contributed by atoms with van der Waals surface area (Å²) >= 11 is 5.76. The van der Waals surface area contributed by atoms with Crippen LogP contribution in [0.15, 0.2) is 36.4 Å². The van der Waals surface area contributed by atoms with E-state index in [4.69, 9.17) is 17.3 Å². The molecule has 0 saturated heterocycles. The molecule has 0 atom stereocenters. The summed E-state index contributed by atoms with van der Waals surface area (Å²) in [6, 6.07) is 9.33. The summed E-state index contributed by atoms with van der Waals surface area (Å²) in [5.41, 5.74) is 7.70. The highest BCUT2D eigenvalue weighted by molar-refractivity contribution is 6.34. The lowest BCUT2D eigenvalue weighted by atomic mass is 10.1. The molecule has 19 heavy (non-hydrogen) atoms. The predicted molar refractivity (Wildman–Crippen MR) is 75.0 cm³/mol. The third-order valence-electron chi connectivity index (χ3n) is 2.65. The molecule has 0 aliphatic heterocycles. The number of hydrogen-bond acceptors (Lipinski definition) is 2. The molecule has 0 spiro atoms. The smallest absolute Gasteiger partial charge is 0.257 e. The maximum atomic E-state index is 13.3. The molecule has 0 radical (unpaired) electrons. The third-order valence-corrected chi connectivity index (χ3v) is 3.04. The van der Waals surface area contributed by atoms with Crippen LogP contribution in [0.5, 0.6) is 0 Å². The van der Waals surface area contributed by atoms with E-state index < -0.39 is 11.7 Å². The van der Waals surface area contributed by atoms with Crippen molar-refractivity contribution in [2.75, 3.05) is 11.1 Å². The standard InChI is InChI=1S/C14H12ClFN2O/c1-8-5-6-11(17)12(7-8)18-14(19)9-3-2-4-10(16)13(9)15/h2-7H,17H2,1H3,(H,18,19). The molecule has 2 rings (SSSR count). The molecule has 0 bridgehead atoms. The summed E-state index contributed by atoms with van der Waals surface area (Å²) in [6.45, 7) is 1.88. The lowest BCUT2D eigenvalue weighted by molar-refractivity contribution is 0.102. The van der Waals surface area contributed by atoms with Crippen LogP contribution >= 0.6 is 11.6 Å². The fraction of sp³-hybridized carbons (Fsp3) is 0.0714. The molecule has 98 valence electrons. The van der Waals surface area contributed by atoms with Crippen LogP contribution in [0.3, 0.4) is 0 Å². The van der Waals surface area contributed by atoms with Crippen LogP contribution in [0, 0.1) is 12.7 Å². The zero-order valence-electron chi connectivity index (χ0n) is 10.2. The van der Waals surface area contributed by atoms with Gasteiger partial charge in [0.25, 0.3) is 5.91 Å². The summed E-state index contributed by atoms with van der Waals surface area (Å²) < 4.78 is 13.3. The van der Waals surface area contributed by atoms with E-state index in [0.29, 0.717) is 11.4 Å². The second-order valence-corrected chi connectivity index (χ2v) is 4.52. The van der Waals surface area contributed by atoms with Crippen LogP contribution in [0.25, 0.3) is 0 Å². The average molecular weight is 279 g/mol. The van der Waals surface area contributed by atoms with E-state index in [1.807, 2.05) is 13.0 Å². The van der Waals surface area contributed by atoms with Gasteiger partial charge < -0.3 is 11.1 Å². The van der Waals surface area contributed by atoms with E-state index in [9.17, 15) is 9.18 Å². The van der Waals surface area contributed by atoms with E-state index in [1.54, 1.807) is 12.1 Å². The number of carbonyl (C=O) groups excluding carboxylic acids is 1. The quantitative estimate of drug-likeness (QED) is 0.824. The third kappa shape index (κ3) is 2.85. The molecule has 2 aromatic carbocycles. The van der Waals surface area contributed by atoms with Crippen molar-refractivity contribution in [3.05, 3.63) is 58.4 Å². The molecule has 0 unspecified atom stereocenters. The average Bonchev–Trinajstić information content (AvgIpc) is 2.37. The van der Waals surface area contributed by atoms with Crippen LogP contribution in [-0.2, 0) is 0 Å². The Morgan fingerprint density at radius 2 is 2.05 bits per heavy atom. The van der Waals surface area contributed by atoms with E-state index in [0.717, 1.165) is 5.56 Å². The number of amides is 1. The lowest BCUT2D eigenvalue weighted by Gasteiger charge is -2.10. The van der Waals surface area contributed by atoms with Gasteiger partial charge >= 0.3 is 0 Å². The molecule has 0 saturated carbocycles. The van der Waals surface area contributed by atoms with E-state index in [2.05, 4.69) is 5.32 Å². The van der Waals surface area contributed by atoms with Crippen molar-refractivity contribution < 1.29 is 9.18 Å². The second-order valence-electron chi connectivity index (χ2n) is 4.15. The van der Waals surface area contributed by atoms with Crippen molar-refractivity contribution in [1.29, 1.82) is 0 Å². The van der Waals surface area contributed by atoms with Crippen molar-refractivity contribution in [1.82, 2.24) is 0 Å². The molecular weight excluding hydrogens is 267 g/mol. The second kappa shape index (κ2) is 5.28. The fourth-order valence-corrected chi connectivity index (χ4v) is 1.86. The summed E-state index contributed by atoms with van der Waals surface area (Å²) in [7, 11) is 0. The van der Waals surface area contributed by atoms with Crippen molar-refractivity contribution in [2.24, 2.45) is 0 Å². The van der Waals surface area contributed by atoms with Gasteiger partial charge in [0.2, 0.25) is 0 Å². The van der Waals surface area contributed by atoms with Gasteiger partial charge in [-0.15, -0.1) is 0 Å². The maximum absolute atomic E-state index is 13.3. The molecule has 3 N–H and O–H groups in total. The molecule has 3 nitrogen and oxygen atoms in total. The Labute approximate surface area is 115 Å². The number of aryl methyl sites for hydroxylation is 1. The minimum absolute atomic E-state index is 0.0718. The molecular formula is C14H12ClFN2O. The normalized spacial score (nSPS) is 10.3. The van der Waals surface area contributed by atoms with Crippen molar-refractivity contribution in [3.8, 4) is 0 Å². The summed E-state index contributed by atoms with van der Waals surface area (Å²) in [5, 5.41) is 2.42.